The summed E-state index contributed by atoms with van der Waals surface area (Å²) in [5.74, 6) is -0.863. The van der Waals surface area contributed by atoms with Crippen molar-refractivity contribution in [2.45, 2.75) is 13.5 Å². The Hall–Kier alpha value is -2.14. The Morgan fingerprint density at radius 2 is 1.95 bits per heavy atom. The number of carbonyl (C=O) groups is 2. The van der Waals surface area contributed by atoms with E-state index in [1.54, 1.807) is 29.1 Å². The minimum atomic E-state index is -0.670. The van der Waals surface area contributed by atoms with Crippen molar-refractivity contribution in [1.82, 2.24) is 9.78 Å². The van der Waals surface area contributed by atoms with Crippen molar-refractivity contribution in [3.05, 3.63) is 47.1 Å². The molecule has 19 heavy (non-hydrogen) atoms. The summed E-state index contributed by atoms with van der Waals surface area (Å²) in [6.07, 6.45) is 1.73. The summed E-state index contributed by atoms with van der Waals surface area (Å²) in [5, 5.41) is 7.24. The number of halogens is 1. The van der Waals surface area contributed by atoms with Crippen LogP contribution in [-0.4, -0.2) is 21.5 Å². The topological polar surface area (TPSA) is 64.0 Å². The number of amides is 1. The first kappa shape index (κ1) is 13.3. The van der Waals surface area contributed by atoms with E-state index in [1.165, 1.54) is 6.92 Å². The van der Waals surface area contributed by atoms with E-state index in [9.17, 15) is 9.59 Å². The number of aromatic nitrogens is 2. The van der Waals surface area contributed by atoms with Gasteiger partial charge in [-0.25, -0.2) is 0 Å². The Morgan fingerprint density at radius 1 is 1.26 bits per heavy atom. The highest BCUT2D eigenvalue weighted by atomic mass is 35.5. The monoisotopic (exact) mass is 277 g/mol. The van der Waals surface area contributed by atoms with Crippen LogP contribution in [0.2, 0.25) is 5.02 Å². The quantitative estimate of drug-likeness (QED) is 0.871. The van der Waals surface area contributed by atoms with Gasteiger partial charge in [-0.05, 0) is 17.7 Å². The summed E-state index contributed by atoms with van der Waals surface area (Å²) < 4.78 is 1.67. The lowest BCUT2D eigenvalue weighted by Crippen LogP contribution is -2.20. The van der Waals surface area contributed by atoms with Crippen LogP contribution in [-0.2, 0) is 16.1 Å². The van der Waals surface area contributed by atoms with E-state index in [2.05, 4.69) is 10.4 Å². The molecule has 0 saturated carbocycles. The van der Waals surface area contributed by atoms with Gasteiger partial charge in [0.2, 0.25) is 5.78 Å². The lowest BCUT2D eigenvalue weighted by molar-refractivity contribution is -0.133. The molecule has 1 heterocycles. The molecule has 0 aliphatic rings. The second-order valence-corrected chi connectivity index (χ2v) is 4.47. The number of Topliss-reactive ketones (excluding diaryl/α,β-unsaturated/α-hetero) is 1. The van der Waals surface area contributed by atoms with Crippen LogP contribution in [0.15, 0.2) is 36.5 Å². The van der Waals surface area contributed by atoms with Gasteiger partial charge in [0.25, 0.3) is 5.91 Å². The van der Waals surface area contributed by atoms with E-state index in [0.29, 0.717) is 17.4 Å². The van der Waals surface area contributed by atoms with Crippen LogP contribution in [0, 0.1) is 0 Å². The number of benzene rings is 1. The van der Waals surface area contributed by atoms with E-state index < -0.39 is 11.7 Å². The number of carbonyl (C=O) groups excluding carboxylic acids is 2. The molecule has 6 heteroatoms. The Bertz CT molecular complexity index is 605. The van der Waals surface area contributed by atoms with Crippen molar-refractivity contribution in [3.8, 4) is 0 Å². The predicted molar refractivity (Wildman–Crippen MR) is 72.1 cm³/mol. The normalized spacial score (nSPS) is 10.2. The molecular weight excluding hydrogens is 266 g/mol. The third-order valence-corrected chi connectivity index (χ3v) is 2.71. The van der Waals surface area contributed by atoms with Gasteiger partial charge in [0.1, 0.15) is 0 Å². The third-order valence-electron chi connectivity index (χ3n) is 2.46. The molecule has 1 aromatic heterocycles. The summed E-state index contributed by atoms with van der Waals surface area (Å²) >= 11 is 5.80. The van der Waals surface area contributed by atoms with Crippen LogP contribution >= 0.6 is 11.6 Å². The lowest BCUT2D eigenvalue weighted by atomic mass is 10.2. The highest BCUT2D eigenvalue weighted by molar-refractivity contribution is 6.39. The van der Waals surface area contributed by atoms with Crippen molar-refractivity contribution in [3.63, 3.8) is 0 Å². The summed E-state index contributed by atoms with van der Waals surface area (Å²) in [5.41, 5.74) is 1.04. The molecular formula is C13H12ClN3O2. The molecule has 2 aromatic rings. The van der Waals surface area contributed by atoms with Crippen molar-refractivity contribution in [2.24, 2.45) is 0 Å². The molecule has 0 radical (unpaired) electrons. The molecule has 0 fully saturated rings. The van der Waals surface area contributed by atoms with Gasteiger partial charge >= 0.3 is 0 Å². The van der Waals surface area contributed by atoms with Gasteiger partial charge in [-0.3, -0.25) is 14.3 Å². The van der Waals surface area contributed by atoms with Crippen molar-refractivity contribution in [2.75, 3.05) is 5.32 Å². The summed E-state index contributed by atoms with van der Waals surface area (Å²) in [7, 11) is 0. The molecule has 1 amide bonds. The number of nitrogens with zero attached hydrogens (tertiary/aromatic N) is 2. The van der Waals surface area contributed by atoms with Gasteiger partial charge < -0.3 is 5.32 Å². The Labute approximate surface area is 115 Å². The average Bonchev–Trinajstić information content (AvgIpc) is 2.79. The van der Waals surface area contributed by atoms with Crippen LogP contribution in [0.3, 0.4) is 0 Å². The average molecular weight is 278 g/mol. The van der Waals surface area contributed by atoms with E-state index >= 15 is 0 Å². The zero-order valence-electron chi connectivity index (χ0n) is 10.3. The highest BCUT2D eigenvalue weighted by Gasteiger charge is 2.09. The number of hydrogen-bond donors (Lipinski definition) is 1. The molecule has 0 bridgehead atoms. The Kier molecular flexibility index (Phi) is 3.97. The van der Waals surface area contributed by atoms with E-state index in [4.69, 9.17) is 11.6 Å². The number of nitrogens with one attached hydrogen (secondary N) is 1. The number of hydrogen-bond acceptors (Lipinski definition) is 3. The molecule has 0 aliphatic carbocycles. The van der Waals surface area contributed by atoms with Gasteiger partial charge in [0.15, 0.2) is 5.82 Å². The van der Waals surface area contributed by atoms with Gasteiger partial charge in [-0.1, -0.05) is 23.7 Å². The Balaban J connectivity index is 2.03. The first-order chi connectivity index (χ1) is 9.04. The first-order valence-electron chi connectivity index (χ1n) is 5.64. The lowest BCUT2D eigenvalue weighted by Gasteiger charge is -2.02. The number of ketones is 1. The molecule has 2 rings (SSSR count). The first-order valence-corrected chi connectivity index (χ1v) is 6.02. The molecule has 0 aliphatic heterocycles. The van der Waals surface area contributed by atoms with Crippen molar-refractivity contribution in [1.29, 1.82) is 0 Å². The number of rotatable bonds is 4. The van der Waals surface area contributed by atoms with E-state index in [1.807, 2.05) is 12.1 Å². The molecule has 1 aromatic carbocycles. The van der Waals surface area contributed by atoms with Gasteiger partial charge in [0.05, 0.1) is 6.54 Å². The summed E-state index contributed by atoms with van der Waals surface area (Å²) in [4.78, 5) is 22.0. The molecule has 98 valence electrons. The SMILES string of the molecule is CC(=O)C(=O)Nc1ccn(Cc2ccc(Cl)cc2)n1. The maximum atomic E-state index is 11.2. The number of anilines is 1. The highest BCUT2D eigenvalue weighted by Crippen LogP contribution is 2.11. The second-order valence-electron chi connectivity index (χ2n) is 4.04. The standard InChI is InChI=1S/C13H12ClN3O2/c1-9(18)13(19)15-12-6-7-17(16-12)8-10-2-4-11(14)5-3-10/h2-7H,8H2,1H3,(H,15,16,19). The fourth-order valence-electron chi connectivity index (χ4n) is 1.50. The zero-order valence-corrected chi connectivity index (χ0v) is 11.0. The van der Waals surface area contributed by atoms with Crippen molar-refractivity contribution >= 4 is 29.1 Å². The maximum absolute atomic E-state index is 11.2. The van der Waals surface area contributed by atoms with Crippen LogP contribution < -0.4 is 5.32 Å². The zero-order chi connectivity index (χ0) is 13.8. The van der Waals surface area contributed by atoms with Crippen LogP contribution in [0.5, 0.6) is 0 Å². The molecule has 0 atom stereocenters. The smallest absolute Gasteiger partial charge is 0.292 e. The third kappa shape index (κ3) is 3.66. The minimum absolute atomic E-state index is 0.356. The molecule has 0 spiro atoms. The van der Waals surface area contributed by atoms with E-state index in [0.717, 1.165) is 5.56 Å². The van der Waals surface area contributed by atoms with Crippen LogP contribution in [0.4, 0.5) is 5.82 Å². The summed E-state index contributed by atoms with van der Waals surface area (Å²) in [6, 6.07) is 9.05. The fourth-order valence-corrected chi connectivity index (χ4v) is 1.62. The molecule has 1 N–H and O–H groups in total. The van der Waals surface area contributed by atoms with Gasteiger partial charge in [-0.15, -0.1) is 0 Å². The predicted octanol–water partition coefficient (Wildman–Crippen LogP) is 2.11. The van der Waals surface area contributed by atoms with Gasteiger partial charge in [-0.2, -0.15) is 5.10 Å². The Morgan fingerprint density at radius 3 is 2.58 bits per heavy atom. The minimum Gasteiger partial charge on any atom is -0.303 e. The molecule has 0 saturated heterocycles. The summed E-state index contributed by atoms with van der Waals surface area (Å²) in [6.45, 7) is 1.77. The van der Waals surface area contributed by atoms with E-state index in [-0.39, 0.29) is 0 Å². The van der Waals surface area contributed by atoms with Crippen LogP contribution in [0.1, 0.15) is 12.5 Å². The van der Waals surface area contributed by atoms with Gasteiger partial charge in [0, 0.05) is 24.2 Å². The van der Waals surface area contributed by atoms with Crippen LogP contribution in [0.25, 0.3) is 0 Å². The molecule has 5 nitrogen and oxygen atoms in total. The fraction of sp³-hybridized carbons (Fsp3) is 0.154. The second kappa shape index (κ2) is 5.67. The van der Waals surface area contributed by atoms with Crippen molar-refractivity contribution < 1.29 is 9.59 Å². The largest absolute Gasteiger partial charge is 0.303 e. The molecule has 0 unspecified atom stereocenters. The maximum Gasteiger partial charge on any atom is 0.292 e.